The minimum Gasteiger partial charge on any atom is -0.394 e. The summed E-state index contributed by atoms with van der Waals surface area (Å²) in [6.07, 6.45) is 9.54. The molecule has 2 unspecified atom stereocenters. The molecule has 0 aliphatic heterocycles. The zero-order chi connectivity index (χ0) is 14.6. The van der Waals surface area contributed by atoms with Gasteiger partial charge in [0.2, 0.25) is 0 Å². The minimum atomic E-state index is -0.0998. The van der Waals surface area contributed by atoms with E-state index in [2.05, 4.69) is 41.8 Å². The molecule has 20 heavy (non-hydrogen) atoms. The highest BCUT2D eigenvalue weighted by Gasteiger charge is 2.36. The summed E-state index contributed by atoms with van der Waals surface area (Å²) in [6.45, 7) is 7.77. The van der Waals surface area contributed by atoms with Gasteiger partial charge in [-0.15, -0.1) is 0 Å². The van der Waals surface area contributed by atoms with Crippen molar-refractivity contribution in [2.75, 3.05) is 13.2 Å². The van der Waals surface area contributed by atoms with Crippen LogP contribution in [0.15, 0.2) is 12.4 Å². The summed E-state index contributed by atoms with van der Waals surface area (Å²) in [4.78, 5) is 4.51. The lowest BCUT2D eigenvalue weighted by molar-refractivity contribution is 0.0970. The average Bonchev–Trinajstić information content (AvgIpc) is 2.95. The van der Waals surface area contributed by atoms with Gasteiger partial charge in [-0.25, -0.2) is 4.98 Å². The second kappa shape index (κ2) is 6.72. The molecule has 1 aromatic heterocycles. The zero-order valence-electron chi connectivity index (χ0n) is 13.1. The number of imidazole rings is 1. The molecule has 1 aliphatic rings. The van der Waals surface area contributed by atoms with Gasteiger partial charge in [-0.2, -0.15) is 0 Å². The van der Waals surface area contributed by atoms with E-state index in [-0.39, 0.29) is 12.1 Å². The smallest absolute Gasteiger partial charge is 0.111 e. The van der Waals surface area contributed by atoms with E-state index in [1.165, 1.54) is 12.2 Å². The van der Waals surface area contributed by atoms with Gasteiger partial charge in [-0.3, -0.25) is 0 Å². The molecule has 0 bridgehead atoms. The maximum Gasteiger partial charge on any atom is 0.111 e. The van der Waals surface area contributed by atoms with Gasteiger partial charge < -0.3 is 15.0 Å². The minimum absolute atomic E-state index is 0.0998. The SMILES string of the molecule is CCCNC1(CO)CCCC(n2ccnc2C(C)C)C1. The van der Waals surface area contributed by atoms with Gasteiger partial charge in [0.15, 0.2) is 0 Å². The van der Waals surface area contributed by atoms with E-state index in [9.17, 15) is 5.11 Å². The lowest BCUT2D eigenvalue weighted by atomic mass is 9.79. The quantitative estimate of drug-likeness (QED) is 0.842. The van der Waals surface area contributed by atoms with Crippen LogP contribution >= 0.6 is 0 Å². The van der Waals surface area contributed by atoms with E-state index in [0.29, 0.717) is 12.0 Å². The molecule has 1 aliphatic carbocycles. The van der Waals surface area contributed by atoms with Crippen LogP contribution < -0.4 is 5.32 Å². The van der Waals surface area contributed by atoms with Crippen molar-refractivity contribution in [3.8, 4) is 0 Å². The predicted molar refractivity (Wildman–Crippen MR) is 81.9 cm³/mol. The molecule has 0 amide bonds. The van der Waals surface area contributed by atoms with Crippen LogP contribution in [0.3, 0.4) is 0 Å². The van der Waals surface area contributed by atoms with Gasteiger partial charge in [-0.1, -0.05) is 20.8 Å². The van der Waals surface area contributed by atoms with Gasteiger partial charge in [0.25, 0.3) is 0 Å². The number of aliphatic hydroxyl groups is 1. The van der Waals surface area contributed by atoms with Crippen LogP contribution in [-0.4, -0.2) is 33.3 Å². The molecule has 2 N–H and O–H groups in total. The molecule has 0 saturated heterocycles. The summed E-state index contributed by atoms with van der Waals surface area (Å²) < 4.78 is 2.34. The molecule has 0 spiro atoms. The Kier molecular flexibility index (Phi) is 5.22. The molecule has 0 aromatic carbocycles. The number of aliphatic hydroxyl groups excluding tert-OH is 1. The molecule has 2 rings (SSSR count). The van der Waals surface area contributed by atoms with Crippen molar-refractivity contribution in [2.45, 2.75) is 70.4 Å². The summed E-state index contributed by atoms with van der Waals surface area (Å²) in [5, 5.41) is 13.5. The summed E-state index contributed by atoms with van der Waals surface area (Å²) in [5.74, 6) is 1.61. The topological polar surface area (TPSA) is 50.1 Å². The van der Waals surface area contributed by atoms with Crippen molar-refractivity contribution in [3.63, 3.8) is 0 Å². The van der Waals surface area contributed by atoms with Crippen molar-refractivity contribution < 1.29 is 5.11 Å². The van der Waals surface area contributed by atoms with Crippen LogP contribution in [0.5, 0.6) is 0 Å². The van der Waals surface area contributed by atoms with Crippen molar-refractivity contribution >= 4 is 0 Å². The van der Waals surface area contributed by atoms with Gasteiger partial charge in [-0.05, 0) is 38.6 Å². The summed E-state index contributed by atoms with van der Waals surface area (Å²) in [6, 6.07) is 0.458. The first kappa shape index (κ1) is 15.5. The van der Waals surface area contributed by atoms with Crippen LogP contribution in [0.1, 0.15) is 70.7 Å². The third-order valence-corrected chi connectivity index (χ3v) is 4.48. The molecular formula is C16H29N3O. The van der Waals surface area contributed by atoms with Crippen molar-refractivity contribution in [1.82, 2.24) is 14.9 Å². The Morgan fingerprint density at radius 1 is 1.55 bits per heavy atom. The highest BCUT2D eigenvalue weighted by atomic mass is 16.3. The highest BCUT2D eigenvalue weighted by molar-refractivity contribution is 5.04. The van der Waals surface area contributed by atoms with E-state index in [0.717, 1.165) is 32.2 Å². The summed E-state index contributed by atoms with van der Waals surface area (Å²) >= 11 is 0. The average molecular weight is 279 g/mol. The first-order valence-electron chi connectivity index (χ1n) is 8.00. The molecule has 2 atom stereocenters. The molecule has 1 saturated carbocycles. The van der Waals surface area contributed by atoms with Crippen LogP contribution in [0, 0.1) is 0 Å². The number of nitrogens with one attached hydrogen (secondary N) is 1. The second-order valence-corrected chi connectivity index (χ2v) is 6.46. The van der Waals surface area contributed by atoms with Gasteiger partial charge in [0.05, 0.1) is 6.61 Å². The Labute approximate surface area is 122 Å². The van der Waals surface area contributed by atoms with E-state index in [1.807, 2.05) is 6.20 Å². The zero-order valence-corrected chi connectivity index (χ0v) is 13.1. The first-order chi connectivity index (χ1) is 9.62. The van der Waals surface area contributed by atoms with E-state index in [1.54, 1.807) is 0 Å². The first-order valence-corrected chi connectivity index (χ1v) is 8.00. The number of nitrogens with zero attached hydrogens (tertiary/aromatic N) is 2. The van der Waals surface area contributed by atoms with Crippen LogP contribution in [0.4, 0.5) is 0 Å². The summed E-state index contributed by atoms with van der Waals surface area (Å²) in [5.41, 5.74) is -0.0998. The standard InChI is InChI=1S/C16H29N3O/c1-4-8-18-16(12-20)7-5-6-14(11-16)19-10-9-17-15(19)13(2)3/h9-10,13-14,18,20H,4-8,11-12H2,1-3H3. The molecule has 114 valence electrons. The second-order valence-electron chi connectivity index (χ2n) is 6.46. The van der Waals surface area contributed by atoms with Crippen LogP contribution in [0.2, 0.25) is 0 Å². The van der Waals surface area contributed by atoms with Crippen molar-refractivity contribution in [2.24, 2.45) is 0 Å². The van der Waals surface area contributed by atoms with Crippen molar-refractivity contribution in [3.05, 3.63) is 18.2 Å². The fourth-order valence-electron chi connectivity index (χ4n) is 3.40. The predicted octanol–water partition coefficient (Wildman–Crippen LogP) is 2.85. The lowest BCUT2D eigenvalue weighted by Gasteiger charge is -2.41. The number of hydrogen-bond donors (Lipinski definition) is 2. The Hall–Kier alpha value is -0.870. The number of hydrogen-bond acceptors (Lipinski definition) is 3. The fourth-order valence-corrected chi connectivity index (χ4v) is 3.40. The largest absolute Gasteiger partial charge is 0.394 e. The number of aromatic nitrogens is 2. The third kappa shape index (κ3) is 3.23. The van der Waals surface area contributed by atoms with E-state index >= 15 is 0 Å². The lowest BCUT2D eigenvalue weighted by Crippen LogP contribution is -2.52. The Bertz CT molecular complexity index is 416. The van der Waals surface area contributed by atoms with E-state index in [4.69, 9.17) is 0 Å². The van der Waals surface area contributed by atoms with Gasteiger partial charge in [0, 0.05) is 29.9 Å². The normalized spacial score (nSPS) is 27.1. The molecular weight excluding hydrogens is 250 g/mol. The molecule has 4 nitrogen and oxygen atoms in total. The van der Waals surface area contributed by atoms with Crippen LogP contribution in [0.25, 0.3) is 0 Å². The molecule has 1 heterocycles. The maximum atomic E-state index is 9.87. The highest BCUT2D eigenvalue weighted by Crippen LogP contribution is 2.36. The van der Waals surface area contributed by atoms with Gasteiger partial charge >= 0.3 is 0 Å². The fraction of sp³-hybridized carbons (Fsp3) is 0.812. The Morgan fingerprint density at radius 3 is 3.00 bits per heavy atom. The van der Waals surface area contributed by atoms with E-state index < -0.39 is 0 Å². The third-order valence-electron chi connectivity index (χ3n) is 4.48. The van der Waals surface area contributed by atoms with Crippen molar-refractivity contribution in [1.29, 1.82) is 0 Å². The monoisotopic (exact) mass is 279 g/mol. The Morgan fingerprint density at radius 2 is 2.35 bits per heavy atom. The molecule has 1 fully saturated rings. The molecule has 4 heteroatoms. The number of rotatable bonds is 6. The molecule has 0 radical (unpaired) electrons. The van der Waals surface area contributed by atoms with Gasteiger partial charge in [0.1, 0.15) is 5.82 Å². The van der Waals surface area contributed by atoms with Crippen LogP contribution in [-0.2, 0) is 0 Å². The maximum absolute atomic E-state index is 9.87. The Balaban J connectivity index is 2.14. The summed E-state index contributed by atoms with van der Waals surface area (Å²) in [7, 11) is 0. The molecule has 1 aromatic rings.